The fourth-order valence-corrected chi connectivity index (χ4v) is 5.13. The van der Waals surface area contributed by atoms with Crippen LogP contribution in [0.5, 0.6) is 11.5 Å². The van der Waals surface area contributed by atoms with Crippen molar-refractivity contribution < 1.29 is 19.0 Å². The van der Waals surface area contributed by atoms with Crippen LogP contribution in [-0.4, -0.2) is 30.5 Å². The number of rotatable bonds is 11. The lowest BCUT2D eigenvalue weighted by molar-refractivity contribution is -0.111. The Balaban J connectivity index is 1.50. The third-order valence-electron chi connectivity index (χ3n) is 5.92. The molecule has 0 aliphatic heterocycles. The van der Waals surface area contributed by atoms with Crippen LogP contribution in [0, 0.1) is 18.8 Å². The third-order valence-corrected chi connectivity index (χ3v) is 7.04. The van der Waals surface area contributed by atoms with Crippen molar-refractivity contribution in [3.05, 3.63) is 76.9 Å². The first-order valence-electron chi connectivity index (χ1n) is 11.9. The van der Waals surface area contributed by atoms with Gasteiger partial charge < -0.3 is 14.2 Å². The summed E-state index contributed by atoms with van der Waals surface area (Å²) in [4.78, 5) is 15.9. The Morgan fingerprint density at radius 3 is 2.59 bits per heavy atom. The third kappa shape index (κ3) is 6.90. The molecule has 2 aromatic carbocycles. The number of ether oxygens (including phenoxy) is 3. The summed E-state index contributed by atoms with van der Waals surface area (Å²) in [6.45, 7) is 5.20. The summed E-state index contributed by atoms with van der Waals surface area (Å²) in [7, 11) is 1.65. The maximum atomic E-state index is 11.4. The zero-order chi connectivity index (χ0) is 26.2. The van der Waals surface area contributed by atoms with Gasteiger partial charge in [0.15, 0.2) is 0 Å². The Labute approximate surface area is 226 Å². The van der Waals surface area contributed by atoms with Crippen LogP contribution in [-0.2, 0) is 16.1 Å². The van der Waals surface area contributed by atoms with E-state index >= 15 is 0 Å². The summed E-state index contributed by atoms with van der Waals surface area (Å²) in [5.41, 5.74) is 5.14. The molecule has 0 aliphatic rings. The number of benzene rings is 2. The molecule has 7 heteroatoms. The normalized spacial score (nSPS) is 11.6. The number of pyridine rings is 1. The number of carbonyl (C=O) groups excluding carboxylic acids is 1. The van der Waals surface area contributed by atoms with Crippen LogP contribution in [0.15, 0.2) is 60.1 Å². The smallest absolute Gasteiger partial charge is 0.223 e. The predicted molar refractivity (Wildman–Crippen MR) is 150 cm³/mol. The van der Waals surface area contributed by atoms with Gasteiger partial charge in [-0.1, -0.05) is 24.1 Å². The summed E-state index contributed by atoms with van der Waals surface area (Å²) in [5, 5.41) is 2.93. The molecule has 4 rings (SSSR count). The maximum absolute atomic E-state index is 11.4. The van der Waals surface area contributed by atoms with E-state index in [1.54, 1.807) is 31.6 Å². The van der Waals surface area contributed by atoms with E-state index in [0.29, 0.717) is 19.8 Å². The minimum absolute atomic E-state index is 0.183. The van der Waals surface area contributed by atoms with Crippen molar-refractivity contribution in [2.75, 3.05) is 20.3 Å². The van der Waals surface area contributed by atoms with Gasteiger partial charge in [0.05, 0.1) is 18.7 Å². The number of aromatic nitrogens is 1. The first-order chi connectivity index (χ1) is 18.0. The molecule has 0 radical (unpaired) electrons. The minimum atomic E-state index is -0.396. The van der Waals surface area contributed by atoms with E-state index in [2.05, 4.69) is 40.4 Å². The molecule has 190 valence electrons. The van der Waals surface area contributed by atoms with Gasteiger partial charge in [0.2, 0.25) is 5.24 Å². The van der Waals surface area contributed by atoms with E-state index in [-0.39, 0.29) is 12.3 Å². The second-order valence-electron chi connectivity index (χ2n) is 8.49. The highest BCUT2D eigenvalue weighted by molar-refractivity contribution is 7.17. The van der Waals surface area contributed by atoms with Crippen molar-refractivity contribution in [3.63, 3.8) is 0 Å². The van der Waals surface area contributed by atoms with Gasteiger partial charge in [0.1, 0.15) is 24.7 Å². The Morgan fingerprint density at radius 1 is 1.05 bits per heavy atom. The Bertz CT molecular complexity index is 1440. The van der Waals surface area contributed by atoms with Gasteiger partial charge in [0.25, 0.3) is 0 Å². The van der Waals surface area contributed by atoms with E-state index in [1.807, 2.05) is 37.3 Å². The van der Waals surface area contributed by atoms with Crippen LogP contribution in [0.2, 0.25) is 0 Å². The average molecular weight is 534 g/mol. The second-order valence-corrected chi connectivity index (χ2v) is 9.82. The van der Waals surface area contributed by atoms with E-state index in [1.165, 1.54) is 4.70 Å². The SMILES string of the molecule is CC#C[C@@H](CC(=O)Cl)c1ccc(OCc2ccc3scc(-c4cc(OCCOC)cnc4C)c3c2)cc1. The summed E-state index contributed by atoms with van der Waals surface area (Å²) in [5.74, 6) is 7.17. The van der Waals surface area contributed by atoms with E-state index in [9.17, 15) is 4.79 Å². The Kier molecular flexibility index (Phi) is 9.19. The lowest BCUT2D eigenvalue weighted by atomic mass is 9.97. The molecule has 4 aromatic rings. The van der Waals surface area contributed by atoms with Crippen molar-refractivity contribution in [1.29, 1.82) is 0 Å². The number of hydrogen-bond acceptors (Lipinski definition) is 6. The summed E-state index contributed by atoms with van der Waals surface area (Å²) in [6, 6.07) is 16.1. The number of thiophene rings is 1. The molecule has 0 saturated heterocycles. The lowest BCUT2D eigenvalue weighted by Crippen LogP contribution is -2.04. The average Bonchev–Trinajstić information content (AvgIpc) is 3.31. The standard InChI is InChI=1S/C30H28ClNO4S/c1-4-5-23(15-30(31)33)22-7-9-24(10-8-22)36-18-21-6-11-29-27(14-21)28(19-37-29)26-16-25(17-32-20(26)2)35-13-12-34-3/h6-11,14,16-17,19,23H,12-13,15,18H2,1-3H3/t23-/m0/s1. The highest BCUT2D eigenvalue weighted by Gasteiger charge is 2.14. The van der Waals surface area contributed by atoms with Crippen LogP contribution in [0.3, 0.4) is 0 Å². The highest BCUT2D eigenvalue weighted by Crippen LogP contribution is 2.37. The molecule has 1 atom stereocenters. The van der Waals surface area contributed by atoms with Gasteiger partial charge >= 0.3 is 0 Å². The molecule has 0 bridgehead atoms. The minimum Gasteiger partial charge on any atom is -0.490 e. The number of methoxy groups -OCH3 is 1. The van der Waals surface area contributed by atoms with E-state index < -0.39 is 5.24 Å². The van der Waals surface area contributed by atoms with Crippen LogP contribution in [0.25, 0.3) is 21.2 Å². The number of fused-ring (bicyclic) bond motifs is 1. The van der Waals surface area contributed by atoms with Gasteiger partial charge in [-0.3, -0.25) is 9.78 Å². The van der Waals surface area contributed by atoms with Crippen molar-refractivity contribution in [2.24, 2.45) is 0 Å². The molecule has 5 nitrogen and oxygen atoms in total. The molecule has 2 aromatic heterocycles. The molecular weight excluding hydrogens is 506 g/mol. The number of nitrogens with zero attached hydrogens (tertiary/aromatic N) is 1. The topological polar surface area (TPSA) is 57.7 Å². The van der Waals surface area contributed by atoms with Crippen molar-refractivity contribution in [2.45, 2.75) is 32.8 Å². The van der Waals surface area contributed by atoms with Gasteiger partial charge in [0, 0.05) is 40.4 Å². The molecule has 0 unspecified atom stereocenters. The van der Waals surface area contributed by atoms with E-state index in [0.717, 1.165) is 44.8 Å². The lowest BCUT2D eigenvalue weighted by Gasteiger charge is -2.11. The molecule has 0 amide bonds. The van der Waals surface area contributed by atoms with Crippen LogP contribution < -0.4 is 9.47 Å². The van der Waals surface area contributed by atoms with Crippen LogP contribution >= 0.6 is 22.9 Å². The van der Waals surface area contributed by atoms with Crippen molar-refractivity contribution in [1.82, 2.24) is 4.98 Å². The number of hydrogen-bond donors (Lipinski definition) is 0. The quantitative estimate of drug-likeness (QED) is 0.116. The summed E-state index contributed by atoms with van der Waals surface area (Å²) < 4.78 is 18.1. The second kappa shape index (κ2) is 12.7. The maximum Gasteiger partial charge on any atom is 0.223 e. The van der Waals surface area contributed by atoms with E-state index in [4.69, 9.17) is 25.8 Å². The van der Waals surface area contributed by atoms with Gasteiger partial charge in [-0.05, 0) is 72.3 Å². The molecule has 0 saturated carbocycles. The predicted octanol–water partition coefficient (Wildman–Crippen LogP) is 7.14. The highest BCUT2D eigenvalue weighted by atomic mass is 35.5. The number of aryl methyl sites for hydroxylation is 1. The number of carbonyl (C=O) groups is 1. The van der Waals surface area contributed by atoms with Crippen molar-refractivity contribution >= 4 is 38.3 Å². The Morgan fingerprint density at radius 2 is 1.86 bits per heavy atom. The van der Waals surface area contributed by atoms with Crippen molar-refractivity contribution in [3.8, 4) is 34.5 Å². The summed E-state index contributed by atoms with van der Waals surface area (Å²) in [6.07, 6.45) is 1.93. The molecule has 0 N–H and O–H groups in total. The molecular formula is C30H28ClNO4S. The molecule has 0 fully saturated rings. The monoisotopic (exact) mass is 533 g/mol. The fourth-order valence-electron chi connectivity index (χ4n) is 4.03. The Hall–Kier alpha value is -3.37. The van der Waals surface area contributed by atoms with Crippen LogP contribution in [0.4, 0.5) is 0 Å². The molecule has 0 spiro atoms. The zero-order valence-electron chi connectivity index (χ0n) is 21.0. The molecule has 2 heterocycles. The number of halogens is 1. The first-order valence-corrected chi connectivity index (χ1v) is 13.2. The van der Waals surface area contributed by atoms with Crippen LogP contribution in [0.1, 0.15) is 36.1 Å². The van der Waals surface area contributed by atoms with Gasteiger partial charge in [-0.2, -0.15) is 0 Å². The largest absolute Gasteiger partial charge is 0.490 e. The van der Waals surface area contributed by atoms with Gasteiger partial charge in [-0.25, -0.2) is 0 Å². The van der Waals surface area contributed by atoms with Gasteiger partial charge in [-0.15, -0.1) is 17.3 Å². The molecule has 0 aliphatic carbocycles. The zero-order valence-corrected chi connectivity index (χ0v) is 22.6. The first kappa shape index (κ1) is 26.7. The fraction of sp³-hybridized carbons (Fsp3) is 0.267. The summed E-state index contributed by atoms with van der Waals surface area (Å²) >= 11 is 7.29. The molecule has 37 heavy (non-hydrogen) atoms.